The standard InChI is InChI=1S/C17H19N5O3/c1-24-12-7-5-11(6-8-12)19-15-14-16(21-17(23)20-15)22(10-18-14)13-4-2-3-9-25-13/h5-8,10,13H,2-4,9H2,1H3,(H2,19,20,21,23). The maximum Gasteiger partial charge on any atom is 0.318 e. The molecule has 1 aliphatic rings. The number of nitrogens with one attached hydrogen (secondary N) is 1. The van der Waals surface area contributed by atoms with Gasteiger partial charge in [0, 0.05) is 12.3 Å². The molecule has 3 heterocycles. The van der Waals surface area contributed by atoms with E-state index in [1.807, 2.05) is 28.8 Å². The van der Waals surface area contributed by atoms with Gasteiger partial charge in [0.05, 0.1) is 13.4 Å². The van der Waals surface area contributed by atoms with Gasteiger partial charge in [0.25, 0.3) is 0 Å². The molecule has 1 aromatic carbocycles. The number of methoxy groups -OCH3 is 1. The third-order valence-electron chi connectivity index (χ3n) is 4.23. The Bertz CT molecular complexity index is 872. The minimum atomic E-state index is -0.305. The van der Waals surface area contributed by atoms with Crippen LogP contribution in [0.3, 0.4) is 0 Å². The molecule has 1 aliphatic heterocycles. The molecule has 3 aromatic rings. The molecule has 2 N–H and O–H groups in total. The molecule has 1 fully saturated rings. The molecule has 0 saturated carbocycles. The number of hydrogen-bond donors (Lipinski definition) is 2. The van der Waals surface area contributed by atoms with Gasteiger partial charge < -0.3 is 19.9 Å². The average Bonchev–Trinajstić information content (AvgIpc) is 3.07. The summed E-state index contributed by atoms with van der Waals surface area (Å²) in [5, 5.41) is 13.1. The smallest absolute Gasteiger partial charge is 0.318 e. The molecule has 0 radical (unpaired) electrons. The van der Waals surface area contributed by atoms with Gasteiger partial charge in [0.15, 0.2) is 17.0 Å². The highest BCUT2D eigenvalue weighted by atomic mass is 16.5. The van der Waals surface area contributed by atoms with E-state index in [0.29, 0.717) is 17.0 Å². The predicted octanol–water partition coefficient (Wildman–Crippen LogP) is 2.98. The number of benzene rings is 1. The van der Waals surface area contributed by atoms with Crippen molar-refractivity contribution in [1.82, 2.24) is 19.5 Å². The molecule has 1 unspecified atom stereocenters. The monoisotopic (exact) mass is 341 g/mol. The first kappa shape index (κ1) is 15.6. The topological polar surface area (TPSA) is 94.3 Å². The number of imidazole rings is 1. The van der Waals surface area contributed by atoms with E-state index in [9.17, 15) is 5.11 Å². The van der Waals surface area contributed by atoms with Crippen molar-refractivity contribution >= 4 is 22.7 Å². The van der Waals surface area contributed by atoms with Crippen LogP contribution in [0, 0.1) is 0 Å². The Morgan fingerprint density at radius 1 is 1.24 bits per heavy atom. The van der Waals surface area contributed by atoms with Crippen LogP contribution in [-0.4, -0.2) is 38.3 Å². The van der Waals surface area contributed by atoms with Crippen LogP contribution in [0.5, 0.6) is 11.8 Å². The summed E-state index contributed by atoms with van der Waals surface area (Å²) in [6.07, 6.45) is 4.64. The molecular formula is C17H19N5O3. The molecule has 1 saturated heterocycles. The number of hydrogen-bond acceptors (Lipinski definition) is 7. The molecule has 8 heteroatoms. The largest absolute Gasteiger partial charge is 0.497 e. The zero-order valence-corrected chi connectivity index (χ0v) is 13.8. The Balaban J connectivity index is 1.69. The maximum absolute atomic E-state index is 9.95. The van der Waals surface area contributed by atoms with Gasteiger partial charge in [-0.2, -0.15) is 9.97 Å². The van der Waals surface area contributed by atoms with Gasteiger partial charge >= 0.3 is 6.01 Å². The van der Waals surface area contributed by atoms with Gasteiger partial charge in [0.1, 0.15) is 12.0 Å². The predicted molar refractivity (Wildman–Crippen MR) is 92.1 cm³/mol. The fraction of sp³-hybridized carbons (Fsp3) is 0.353. The van der Waals surface area contributed by atoms with Crippen LogP contribution in [0.15, 0.2) is 30.6 Å². The van der Waals surface area contributed by atoms with Crippen molar-refractivity contribution in [3.8, 4) is 11.8 Å². The molecule has 0 aliphatic carbocycles. The van der Waals surface area contributed by atoms with Crippen molar-refractivity contribution in [2.24, 2.45) is 0 Å². The fourth-order valence-corrected chi connectivity index (χ4v) is 2.96. The van der Waals surface area contributed by atoms with Crippen molar-refractivity contribution in [1.29, 1.82) is 0 Å². The molecule has 0 amide bonds. The normalized spacial score (nSPS) is 17.6. The quantitative estimate of drug-likeness (QED) is 0.753. The first-order valence-electron chi connectivity index (χ1n) is 8.21. The third kappa shape index (κ3) is 3.08. The molecule has 25 heavy (non-hydrogen) atoms. The highest BCUT2D eigenvalue weighted by molar-refractivity contribution is 5.85. The number of aromatic nitrogens is 4. The number of aromatic hydroxyl groups is 1. The number of nitrogens with zero attached hydrogens (tertiary/aromatic N) is 4. The van der Waals surface area contributed by atoms with E-state index in [-0.39, 0.29) is 12.2 Å². The molecule has 1 atom stereocenters. The Morgan fingerprint density at radius 3 is 2.80 bits per heavy atom. The minimum absolute atomic E-state index is 0.109. The Labute approximate surface area is 144 Å². The van der Waals surface area contributed by atoms with E-state index in [2.05, 4.69) is 20.3 Å². The first-order chi connectivity index (χ1) is 12.2. The van der Waals surface area contributed by atoms with E-state index in [0.717, 1.165) is 37.3 Å². The Hall–Kier alpha value is -2.87. The summed E-state index contributed by atoms with van der Waals surface area (Å²) in [5.74, 6) is 1.21. The molecular weight excluding hydrogens is 322 g/mol. The molecule has 4 rings (SSSR count). The van der Waals surface area contributed by atoms with Crippen LogP contribution in [0.2, 0.25) is 0 Å². The lowest BCUT2D eigenvalue weighted by atomic mass is 10.2. The number of anilines is 2. The lowest BCUT2D eigenvalue weighted by Crippen LogP contribution is -2.17. The molecule has 2 aromatic heterocycles. The minimum Gasteiger partial charge on any atom is -0.497 e. The molecule has 8 nitrogen and oxygen atoms in total. The lowest BCUT2D eigenvalue weighted by molar-refractivity contribution is -0.0298. The third-order valence-corrected chi connectivity index (χ3v) is 4.23. The van der Waals surface area contributed by atoms with E-state index in [4.69, 9.17) is 9.47 Å². The summed E-state index contributed by atoms with van der Waals surface area (Å²) >= 11 is 0. The second-order valence-electron chi connectivity index (χ2n) is 5.87. The van der Waals surface area contributed by atoms with Crippen molar-refractivity contribution in [3.05, 3.63) is 30.6 Å². The molecule has 0 spiro atoms. The van der Waals surface area contributed by atoms with Crippen LogP contribution in [0.25, 0.3) is 11.2 Å². The molecule has 0 bridgehead atoms. The highest BCUT2D eigenvalue weighted by Crippen LogP contribution is 2.30. The number of ether oxygens (including phenoxy) is 2. The second-order valence-corrected chi connectivity index (χ2v) is 5.87. The summed E-state index contributed by atoms with van der Waals surface area (Å²) in [6.45, 7) is 0.721. The van der Waals surface area contributed by atoms with Gasteiger partial charge in [-0.25, -0.2) is 4.98 Å². The summed E-state index contributed by atoms with van der Waals surface area (Å²) in [7, 11) is 1.62. The summed E-state index contributed by atoms with van der Waals surface area (Å²) in [6, 6.07) is 7.11. The zero-order valence-electron chi connectivity index (χ0n) is 13.8. The van der Waals surface area contributed by atoms with Gasteiger partial charge in [-0.3, -0.25) is 4.57 Å². The average molecular weight is 341 g/mol. The van der Waals surface area contributed by atoms with Gasteiger partial charge in [0.2, 0.25) is 0 Å². The summed E-state index contributed by atoms with van der Waals surface area (Å²) in [5.41, 5.74) is 1.95. The van der Waals surface area contributed by atoms with E-state index in [1.165, 1.54) is 0 Å². The highest BCUT2D eigenvalue weighted by Gasteiger charge is 2.21. The van der Waals surface area contributed by atoms with Crippen LogP contribution in [0.4, 0.5) is 11.5 Å². The van der Waals surface area contributed by atoms with Crippen molar-refractivity contribution < 1.29 is 14.6 Å². The number of rotatable bonds is 4. The van der Waals surface area contributed by atoms with Gasteiger partial charge in [-0.15, -0.1) is 0 Å². The summed E-state index contributed by atoms with van der Waals surface area (Å²) < 4.78 is 12.8. The lowest BCUT2D eigenvalue weighted by Gasteiger charge is -2.23. The van der Waals surface area contributed by atoms with Crippen LogP contribution in [0.1, 0.15) is 25.5 Å². The van der Waals surface area contributed by atoms with E-state index < -0.39 is 0 Å². The van der Waals surface area contributed by atoms with Gasteiger partial charge in [-0.05, 0) is 43.5 Å². The maximum atomic E-state index is 9.95. The van der Waals surface area contributed by atoms with Crippen molar-refractivity contribution in [2.75, 3.05) is 19.0 Å². The van der Waals surface area contributed by atoms with Crippen molar-refractivity contribution in [3.63, 3.8) is 0 Å². The van der Waals surface area contributed by atoms with E-state index in [1.54, 1.807) is 13.4 Å². The van der Waals surface area contributed by atoms with Crippen molar-refractivity contribution in [2.45, 2.75) is 25.5 Å². The fourth-order valence-electron chi connectivity index (χ4n) is 2.96. The van der Waals surface area contributed by atoms with Crippen LogP contribution >= 0.6 is 0 Å². The molecule has 130 valence electrons. The second kappa shape index (κ2) is 6.56. The van der Waals surface area contributed by atoms with Crippen LogP contribution in [-0.2, 0) is 4.74 Å². The number of fused-ring (bicyclic) bond motifs is 1. The SMILES string of the molecule is COc1ccc(Nc2nc(O)nc3c2ncn3C2CCCCO2)cc1. The Morgan fingerprint density at radius 2 is 2.08 bits per heavy atom. The first-order valence-corrected chi connectivity index (χ1v) is 8.21. The van der Waals surface area contributed by atoms with Gasteiger partial charge in [-0.1, -0.05) is 0 Å². The zero-order chi connectivity index (χ0) is 17.2. The van der Waals surface area contributed by atoms with Crippen LogP contribution < -0.4 is 10.1 Å². The van der Waals surface area contributed by atoms with E-state index >= 15 is 0 Å². The Kier molecular flexibility index (Phi) is 4.10. The summed E-state index contributed by atoms with van der Waals surface area (Å²) in [4.78, 5) is 12.7.